The summed E-state index contributed by atoms with van der Waals surface area (Å²) in [4.78, 5) is 23.1. The largest absolute Gasteiger partial charge is 0.377 e. The molecule has 102 valence electrons. The van der Waals surface area contributed by atoms with Gasteiger partial charge in [-0.3, -0.25) is 9.78 Å². The number of H-pyrrole nitrogens is 1. The van der Waals surface area contributed by atoms with Crippen LogP contribution in [0, 0.1) is 0 Å². The fourth-order valence-electron chi connectivity index (χ4n) is 2.06. The predicted molar refractivity (Wildman–Crippen MR) is 76.5 cm³/mol. The van der Waals surface area contributed by atoms with Crippen LogP contribution in [0.4, 0.5) is 0 Å². The molecule has 0 atom stereocenters. The van der Waals surface area contributed by atoms with Gasteiger partial charge in [-0.2, -0.15) is 0 Å². The van der Waals surface area contributed by atoms with Crippen LogP contribution in [0.2, 0.25) is 5.02 Å². The van der Waals surface area contributed by atoms with Crippen molar-refractivity contribution in [2.45, 2.75) is 6.42 Å². The lowest BCUT2D eigenvalue weighted by Crippen LogP contribution is -2.15. The molecule has 3 rings (SSSR count). The van der Waals surface area contributed by atoms with Gasteiger partial charge < -0.3 is 9.72 Å². The number of ether oxygens (including phenoxy) is 1. The van der Waals surface area contributed by atoms with E-state index in [9.17, 15) is 4.79 Å². The third-order valence-electron chi connectivity index (χ3n) is 3.08. The van der Waals surface area contributed by atoms with Gasteiger partial charge in [0.1, 0.15) is 10.8 Å². The normalized spacial score (nSPS) is 14.9. The lowest BCUT2D eigenvalue weighted by atomic mass is 10.1. The molecule has 0 saturated heterocycles. The van der Waals surface area contributed by atoms with E-state index >= 15 is 0 Å². The molecule has 0 aromatic carbocycles. The van der Waals surface area contributed by atoms with Crippen LogP contribution in [0.5, 0.6) is 0 Å². The van der Waals surface area contributed by atoms with Gasteiger partial charge in [0.05, 0.1) is 18.9 Å². The third-order valence-corrected chi connectivity index (χ3v) is 3.43. The number of nitrogens with zero attached hydrogens (tertiary/aromatic N) is 2. The Morgan fingerprint density at radius 3 is 2.80 bits per heavy atom. The first kappa shape index (κ1) is 13.0. The first-order chi connectivity index (χ1) is 9.75. The topological polar surface area (TPSA) is 67.9 Å². The third kappa shape index (κ3) is 2.50. The van der Waals surface area contributed by atoms with Gasteiger partial charge in [0.2, 0.25) is 0 Å². The van der Waals surface area contributed by atoms with Crippen molar-refractivity contribution in [1.29, 1.82) is 0 Å². The second kappa shape index (κ2) is 5.56. The summed E-state index contributed by atoms with van der Waals surface area (Å²) >= 11 is 6.09. The highest BCUT2D eigenvalue weighted by Crippen LogP contribution is 2.25. The molecule has 0 radical (unpaired) electrons. The summed E-state index contributed by atoms with van der Waals surface area (Å²) in [5, 5.41) is 0.121. The number of nitrogens with one attached hydrogen (secondary N) is 1. The number of halogens is 1. The maximum absolute atomic E-state index is 12.0. The number of hydrogen-bond donors (Lipinski definition) is 1. The summed E-state index contributed by atoms with van der Waals surface area (Å²) in [6.45, 7) is 1.13. The highest BCUT2D eigenvalue weighted by molar-refractivity contribution is 6.32. The van der Waals surface area contributed by atoms with Gasteiger partial charge in [0.25, 0.3) is 5.56 Å². The fraction of sp³-hybridized carbons (Fsp3) is 0.214. The zero-order valence-electron chi connectivity index (χ0n) is 10.6. The standard InChI is InChI=1S/C14H12ClN3O2/c15-11-12(9-3-7-20-8-4-9)17-13(18-14(11)19)10-1-5-16-6-2-10/h1-3,5-6H,4,7-8H2,(H,17,18,19). The highest BCUT2D eigenvalue weighted by atomic mass is 35.5. The minimum absolute atomic E-state index is 0.121. The monoisotopic (exact) mass is 289 g/mol. The van der Waals surface area contributed by atoms with Crippen LogP contribution < -0.4 is 5.56 Å². The van der Waals surface area contributed by atoms with E-state index in [2.05, 4.69) is 15.0 Å². The Hall–Kier alpha value is -1.98. The average Bonchev–Trinajstić information content (AvgIpc) is 2.51. The number of aromatic amines is 1. The Labute approximate surface area is 120 Å². The quantitative estimate of drug-likeness (QED) is 0.921. The molecule has 0 saturated carbocycles. The van der Waals surface area contributed by atoms with Gasteiger partial charge in [0, 0.05) is 18.0 Å². The summed E-state index contributed by atoms with van der Waals surface area (Å²) in [5.74, 6) is 0.490. The van der Waals surface area contributed by atoms with Crippen molar-refractivity contribution >= 4 is 17.2 Å². The molecule has 0 spiro atoms. The van der Waals surface area contributed by atoms with Gasteiger partial charge in [-0.05, 0) is 24.1 Å². The van der Waals surface area contributed by atoms with Crippen molar-refractivity contribution in [1.82, 2.24) is 15.0 Å². The maximum atomic E-state index is 12.0. The summed E-state index contributed by atoms with van der Waals surface area (Å²) in [7, 11) is 0. The SMILES string of the molecule is O=c1[nH]c(-c2ccncc2)nc(C2=CCOCC2)c1Cl. The van der Waals surface area contributed by atoms with Crippen LogP contribution in [-0.4, -0.2) is 28.2 Å². The first-order valence-electron chi connectivity index (χ1n) is 6.23. The van der Waals surface area contributed by atoms with E-state index in [1.807, 2.05) is 6.08 Å². The van der Waals surface area contributed by atoms with E-state index in [1.54, 1.807) is 24.5 Å². The van der Waals surface area contributed by atoms with Crippen LogP contribution in [-0.2, 0) is 4.74 Å². The predicted octanol–water partition coefficient (Wildman–Crippen LogP) is 2.29. The van der Waals surface area contributed by atoms with Crippen molar-refractivity contribution in [2.75, 3.05) is 13.2 Å². The lowest BCUT2D eigenvalue weighted by Gasteiger charge is -2.14. The maximum Gasteiger partial charge on any atom is 0.270 e. The molecule has 5 nitrogen and oxygen atoms in total. The minimum Gasteiger partial charge on any atom is -0.377 e. The van der Waals surface area contributed by atoms with Crippen molar-refractivity contribution in [2.24, 2.45) is 0 Å². The molecule has 2 aromatic rings. The van der Waals surface area contributed by atoms with E-state index < -0.39 is 0 Å². The van der Waals surface area contributed by atoms with Gasteiger partial charge >= 0.3 is 0 Å². The van der Waals surface area contributed by atoms with Crippen LogP contribution in [0.25, 0.3) is 17.0 Å². The Morgan fingerprint density at radius 1 is 1.30 bits per heavy atom. The molecule has 0 amide bonds. The molecule has 0 bridgehead atoms. The Balaban J connectivity index is 2.13. The van der Waals surface area contributed by atoms with E-state index in [-0.39, 0.29) is 10.6 Å². The summed E-state index contributed by atoms with van der Waals surface area (Å²) in [6, 6.07) is 3.57. The zero-order valence-corrected chi connectivity index (χ0v) is 11.4. The second-order valence-electron chi connectivity index (χ2n) is 4.37. The smallest absolute Gasteiger partial charge is 0.270 e. The molecular formula is C14H12ClN3O2. The average molecular weight is 290 g/mol. The minimum atomic E-state index is -0.337. The fourth-order valence-corrected chi connectivity index (χ4v) is 2.27. The first-order valence-corrected chi connectivity index (χ1v) is 6.61. The molecule has 3 heterocycles. The Bertz CT molecular complexity index is 710. The molecule has 1 aliphatic heterocycles. The molecule has 0 fully saturated rings. The number of pyridine rings is 1. The molecule has 0 unspecified atom stereocenters. The van der Waals surface area contributed by atoms with Gasteiger partial charge in [0.15, 0.2) is 0 Å². The van der Waals surface area contributed by atoms with E-state index in [1.165, 1.54) is 0 Å². The Kier molecular flexibility index (Phi) is 3.62. The number of aromatic nitrogens is 3. The molecule has 6 heteroatoms. The summed E-state index contributed by atoms with van der Waals surface area (Å²) in [6.07, 6.45) is 5.91. The zero-order chi connectivity index (χ0) is 13.9. The second-order valence-corrected chi connectivity index (χ2v) is 4.75. The Morgan fingerprint density at radius 2 is 2.10 bits per heavy atom. The van der Waals surface area contributed by atoms with Crippen LogP contribution >= 0.6 is 11.6 Å². The number of rotatable bonds is 2. The van der Waals surface area contributed by atoms with E-state index in [4.69, 9.17) is 16.3 Å². The van der Waals surface area contributed by atoms with Crippen molar-refractivity contribution < 1.29 is 4.74 Å². The van der Waals surface area contributed by atoms with Gasteiger partial charge in [-0.15, -0.1) is 0 Å². The molecule has 0 aliphatic carbocycles. The molecule has 1 N–H and O–H groups in total. The van der Waals surface area contributed by atoms with Crippen molar-refractivity contribution in [3.8, 4) is 11.4 Å². The summed E-state index contributed by atoms with van der Waals surface area (Å²) < 4.78 is 5.26. The van der Waals surface area contributed by atoms with Crippen LogP contribution in [0.1, 0.15) is 12.1 Å². The molecular weight excluding hydrogens is 278 g/mol. The van der Waals surface area contributed by atoms with E-state index in [0.29, 0.717) is 31.2 Å². The van der Waals surface area contributed by atoms with E-state index in [0.717, 1.165) is 11.1 Å². The van der Waals surface area contributed by atoms with Crippen molar-refractivity contribution in [3.05, 3.63) is 51.7 Å². The highest BCUT2D eigenvalue weighted by Gasteiger charge is 2.16. The van der Waals surface area contributed by atoms with Crippen LogP contribution in [0.3, 0.4) is 0 Å². The number of hydrogen-bond acceptors (Lipinski definition) is 4. The molecule has 2 aromatic heterocycles. The van der Waals surface area contributed by atoms with Gasteiger partial charge in [-0.1, -0.05) is 17.7 Å². The lowest BCUT2D eigenvalue weighted by molar-refractivity contribution is 0.161. The summed E-state index contributed by atoms with van der Waals surface area (Å²) in [5.41, 5.74) is 1.94. The van der Waals surface area contributed by atoms with Gasteiger partial charge in [-0.25, -0.2) is 4.98 Å². The molecule has 1 aliphatic rings. The van der Waals surface area contributed by atoms with Crippen molar-refractivity contribution in [3.63, 3.8) is 0 Å². The van der Waals surface area contributed by atoms with Crippen LogP contribution in [0.15, 0.2) is 35.4 Å². The molecule has 20 heavy (non-hydrogen) atoms.